The van der Waals surface area contributed by atoms with Crippen LogP contribution in [0.25, 0.3) is 10.9 Å². The molecule has 2 bridgehead atoms. The SMILES string of the molecule is C=C1OC2CC3=C[C@@H](C/C(C)=C/[C@@H](OC(=O)Cc4cccc5cccnc45)[C@@H]2C1=C)OC3=O. The highest BCUT2D eigenvalue weighted by Crippen LogP contribution is 2.42. The largest absolute Gasteiger partial charge is 0.490 e. The second-order valence-corrected chi connectivity index (χ2v) is 8.81. The molecule has 1 fully saturated rings. The van der Waals surface area contributed by atoms with Crippen LogP contribution in [-0.4, -0.2) is 35.2 Å². The van der Waals surface area contributed by atoms with Crippen LogP contribution >= 0.6 is 0 Å². The minimum atomic E-state index is -0.592. The van der Waals surface area contributed by atoms with Crippen molar-refractivity contribution in [3.63, 3.8) is 0 Å². The van der Waals surface area contributed by atoms with Gasteiger partial charge in [0, 0.05) is 30.0 Å². The number of benzene rings is 1. The second-order valence-electron chi connectivity index (χ2n) is 8.81. The fourth-order valence-corrected chi connectivity index (χ4v) is 4.86. The molecule has 168 valence electrons. The summed E-state index contributed by atoms with van der Waals surface area (Å²) in [6.07, 6.45) is 5.18. The average Bonchev–Trinajstić information content (AvgIpc) is 3.25. The van der Waals surface area contributed by atoms with E-state index in [0.29, 0.717) is 29.7 Å². The van der Waals surface area contributed by atoms with Gasteiger partial charge in [0.2, 0.25) is 0 Å². The predicted octanol–water partition coefficient (Wildman–Crippen LogP) is 4.37. The molecule has 1 saturated heterocycles. The maximum atomic E-state index is 13.1. The van der Waals surface area contributed by atoms with Crippen LogP contribution in [0.4, 0.5) is 0 Å². The zero-order chi connectivity index (χ0) is 23.1. The third-order valence-corrected chi connectivity index (χ3v) is 6.43. The van der Waals surface area contributed by atoms with Crippen LogP contribution in [-0.2, 0) is 30.2 Å². The first-order chi connectivity index (χ1) is 15.9. The van der Waals surface area contributed by atoms with Crippen molar-refractivity contribution in [3.05, 3.63) is 89.9 Å². The Kier molecular flexibility index (Phi) is 5.36. The highest BCUT2D eigenvalue weighted by Gasteiger charge is 2.44. The topological polar surface area (TPSA) is 74.7 Å². The number of para-hydroxylation sites is 1. The molecule has 0 spiro atoms. The van der Waals surface area contributed by atoms with Crippen LogP contribution in [0.15, 0.2) is 84.3 Å². The molecule has 5 rings (SSSR count). The Bertz CT molecular complexity index is 1230. The van der Waals surface area contributed by atoms with Crippen molar-refractivity contribution in [1.82, 2.24) is 4.98 Å². The Morgan fingerprint density at radius 1 is 1.15 bits per heavy atom. The van der Waals surface area contributed by atoms with Gasteiger partial charge in [-0.05, 0) is 36.3 Å². The van der Waals surface area contributed by atoms with E-state index >= 15 is 0 Å². The summed E-state index contributed by atoms with van der Waals surface area (Å²) in [6.45, 7) is 10.0. The molecule has 4 atom stereocenters. The minimum Gasteiger partial charge on any atom is -0.490 e. The van der Waals surface area contributed by atoms with Gasteiger partial charge in [-0.2, -0.15) is 0 Å². The van der Waals surface area contributed by atoms with E-state index in [0.717, 1.165) is 22.0 Å². The summed E-state index contributed by atoms with van der Waals surface area (Å²) in [4.78, 5) is 29.8. The summed E-state index contributed by atoms with van der Waals surface area (Å²) < 4.78 is 17.5. The molecular weight excluding hydrogens is 418 g/mol. The van der Waals surface area contributed by atoms with Crippen LogP contribution < -0.4 is 0 Å². The number of aromatic nitrogens is 1. The Morgan fingerprint density at radius 2 is 1.97 bits per heavy atom. The molecule has 33 heavy (non-hydrogen) atoms. The molecule has 3 heterocycles. The van der Waals surface area contributed by atoms with Crippen molar-refractivity contribution >= 4 is 22.8 Å². The number of esters is 2. The van der Waals surface area contributed by atoms with E-state index in [4.69, 9.17) is 14.2 Å². The predicted molar refractivity (Wildman–Crippen MR) is 123 cm³/mol. The lowest BCUT2D eigenvalue weighted by atomic mass is 9.85. The Morgan fingerprint density at radius 3 is 2.82 bits per heavy atom. The Labute approximate surface area is 192 Å². The zero-order valence-corrected chi connectivity index (χ0v) is 18.5. The lowest BCUT2D eigenvalue weighted by molar-refractivity contribution is -0.148. The first-order valence-electron chi connectivity index (χ1n) is 11.0. The molecule has 1 unspecified atom stereocenters. The van der Waals surface area contributed by atoms with Gasteiger partial charge >= 0.3 is 11.9 Å². The summed E-state index contributed by atoms with van der Waals surface area (Å²) in [5.41, 5.74) is 3.81. The fourth-order valence-electron chi connectivity index (χ4n) is 4.86. The van der Waals surface area contributed by atoms with E-state index < -0.39 is 12.2 Å². The molecule has 1 aromatic carbocycles. The highest BCUT2D eigenvalue weighted by molar-refractivity contribution is 5.91. The van der Waals surface area contributed by atoms with Gasteiger partial charge < -0.3 is 14.2 Å². The van der Waals surface area contributed by atoms with Crippen molar-refractivity contribution in [1.29, 1.82) is 0 Å². The molecule has 0 radical (unpaired) electrons. The van der Waals surface area contributed by atoms with Crippen LogP contribution in [0.2, 0.25) is 0 Å². The summed E-state index contributed by atoms with van der Waals surface area (Å²) in [6, 6.07) is 9.60. The third kappa shape index (κ3) is 4.09. The van der Waals surface area contributed by atoms with E-state index in [-0.39, 0.29) is 30.4 Å². The molecule has 3 aliphatic rings. The van der Waals surface area contributed by atoms with Gasteiger partial charge in [0.15, 0.2) is 0 Å². The van der Waals surface area contributed by atoms with Gasteiger partial charge in [-0.3, -0.25) is 9.78 Å². The maximum absolute atomic E-state index is 13.1. The summed E-state index contributed by atoms with van der Waals surface area (Å²) in [5, 5.41) is 0.972. The van der Waals surface area contributed by atoms with Crippen LogP contribution in [0, 0.1) is 5.92 Å². The number of carbonyl (C=O) groups excluding carboxylic acids is 2. The normalized spacial score (nSPS) is 28.3. The lowest BCUT2D eigenvalue weighted by Crippen LogP contribution is -2.33. The molecule has 1 aliphatic carbocycles. The summed E-state index contributed by atoms with van der Waals surface area (Å²) in [7, 11) is 0. The first-order valence-corrected chi connectivity index (χ1v) is 11.0. The number of nitrogens with zero attached hydrogens (tertiary/aromatic N) is 1. The van der Waals surface area contributed by atoms with Gasteiger partial charge in [0.1, 0.15) is 24.1 Å². The minimum absolute atomic E-state index is 0.0960. The molecule has 1 aromatic heterocycles. The van der Waals surface area contributed by atoms with E-state index in [9.17, 15) is 9.59 Å². The number of hydrogen-bond acceptors (Lipinski definition) is 6. The van der Waals surface area contributed by atoms with Crippen molar-refractivity contribution in [3.8, 4) is 0 Å². The van der Waals surface area contributed by atoms with Crippen molar-refractivity contribution < 1.29 is 23.8 Å². The molecule has 6 nitrogen and oxygen atoms in total. The highest BCUT2D eigenvalue weighted by atomic mass is 16.6. The molecule has 0 amide bonds. The van der Waals surface area contributed by atoms with Crippen LogP contribution in [0.1, 0.15) is 25.3 Å². The lowest BCUT2D eigenvalue weighted by Gasteiger charge is -2.26. The number of allylic oxidation sites excluding steroid dienone is 1. The van der Waals surface area contributed by atoms with Gasteiger partial charge in [0.25, 0.3) is 0 Å². The molecule has 2 aliphatic heterocycles. The number of pyridine rings is 1. The van der Waals surface area contributed by atoms with Gasteiger partial charge in [-0.1, -0.05) is 43.0 Å². The second kappa shape index (κ2) is 8.35. The average molecular weight is 443 g/mol. The first kappa shape index (κ1) is 21.2. The van der Waals surface area contributed by atoms with Crippen LogP contribution in [0.3, 0.4) is 0 Å². The van der Waals surface area contributed by atoms with E-state index in [1.807, 2.05) is 49.4 Å². The van der Waals surface area contributed by atoms with Gasteiger partial charge in [-0.25, -0.2) is 4.79 Å². The van der Waals surface area contributed by atoms with Crippen molar-refractivity contribution in [2.45, 2.75) is 44.5 Å². The molecule has 6 heteroatoms. The number of ether oxygens (including phenoxy) is 3. The van der Waals surface area contributed by atoms with Crippen LogP contribution in [0.5, 0.6) is 0 Å². The molecular formula is C27H25NO5. The van der Waals surface area contributed by atoms with E-state index in [2.05, 4.69) is 18.1 Å². The maximum Gasteiger partial charge on any atom is 0.334 e. The number of hydrogen-bond donors (Lipinski definition) is 0. The monoisotopic (exact) mass is 443 g/mol. The molecule has 0 saturated carbocycles. The number of carbonyl (C=O) groups is 2. The fraction of sp³-hybridized carbons (Fsp3) is 0.296. The molecule has 2 aromatic rings. The number of fused-ring (bicyclic) bond motifs is 3. The smallest absolute Gasteiger partial charge is 0.334 e. The van der Waals surface area contributed by atoms with Gasteiger partial charge in [0.05, 0.1) is 17.9 Å². The van der Waals surface area contributed by atoms with E-state index in [1.54, 1.807) is 6.20 Å². The summed E-state index contributed by atoms with van der Waals surface area (Å²) in [5.74, 6) is -0.568. The van der Waals surface area contributed by atoms with Crippen molar-refractivity contribution in [2.75, 3.05) is 0 Å². The third-order valence-electron chi connectivity index (χ3n) is 6.43. The Hall–Kier alpha value is -3.67. The number of rotatable bonds is 3. The van der Waals surface area contributed by atoms with Crippen molar-refractivity contribution in [2.24, 2.45) is 5.92 Å². The van der Waals surface area contributed by atoms with E-state index in [1.165, 1.54) is 0 Å². The molecule has 0 N–H and O–H groups in total. The quantitative estimate of drug-likeness (QED) is 0.518. The Balaban J connectivity index is 1.43. The summed E-state index contributed by atoms with van der Waals surface area (Å²) >= 11 is 0. The van der Waals surface area contributed by atoms with Gasteiger partial charge in [-0.15, -0.1) is 0 Å². The standard InChI is InChI=1S/C27H25NO5/c1-15-10-21-12-20(27(30)32-21)13-23-25(16(2)17(3)31-23)22(11-15)33-24(29)14-19-7-4-6-18-8-5-9-28-26(18)19/h4-9,11-12,21-23,25H,2-3,10,13-14H2,1H3/b15-11+/t21-,22-,23?,25+/m1/s1. The zero-order valence-electron chi connectivity index (χ0n) is 18.5.